The lowest BCUT2D eigenvalue weighted by Crippen LogP contribution is -2.39. The van der Waals surface area contributed by atoms with Gasteiger partial charge in [-0.15, -0.1) is 0 Å². The number of amides is 2. The first-order valence-electron chi connectivity index (χ1n) is 5.12. The van der Waals surface area contributed by atoms with E-state index in [2.05, 4.69) is 10.6 Å². The van der Waals surface area contributed by atoms with E-state index in [-0.39, 0.29) is 30.2 Å². The Morgan fingerprint density at radius 1 is 1.44 bits per heavy atom. The minimum absolute atomic E-state index is 0.0445. The predicted octanol–water partition coefficient (Wildman–Crippen LogP) is 0.842. The average Bonchev–Trinajstić information content (AvgIpc) is 2.60. The fourth-order valence-electron chi connectivity index (χ4n) is 1.22. The van der Waals surface area contributed by atoms with Gasteiger partial charge < -0.3 is 15.1 Å². The lowest BCUT2D eigenvalue weighted by atomic mass is 10.2. The average molecular weight is 224 g/mol. The van der Waals surface area contributed by atoms with Crippen LogP contribution in [0.15, 0.2) is 16.7 Å². The van der Waals surface area contributed by atoms with Gasteiger partial charge in [0.1, 0.15) is 0 Å². The van der Waals surface area contributed by atoms with E-state index < -0.39 is 0 Å². The molecule has 0 bridgehead atoms. The van der Waals surface area contributed by atoms with Crippen molar-refractivity contribution < 1.29 is 14.0 Å². The molecule has 5 nitrogen and oxygen atoms in total. The quantitative estimate of drug-likeness (QED) is 0.796. The molecule has 0 aliphatic carbocycles. The topological polar surface area (TPSA) is 71.3 Å². The van der Waals surface area contributed by atoms with Crippen LogP contribution >= 0.6 is 0 Å². The summed E-state index contributed by atoms with van der Waals surface area (Å²) in [5.41, 5.74) is 0.752. The lowest BCUT2D eigenvalue weighted by Gasteiger charge is -2.08. The first-order chi connectivity index (χ1) is 7.50. The molecular weight excluding hydrogens is 208 g/mol. The molecule has 1 aromatic heterocycles. The van der Waals surface area contributed by atoms with Gasteiger partial charge in [-0.1, -0.05) is 0 Å². The van der Waals surface area contributed by atoms with Crippen LogP contribution in [0.4, 0.5) is 0 Å². The van der Waals surface area contributed by atoms with E-state index in [4.69, 9.17) is 4.42 Å². The Hall–Kier alpha value is -1.78. The van der Waals surface area contributed by atoms with Crippen molar-refractivity contribution in [3.63, 3.8) is 0 Å². The van der Waals surface area contributed by atoms with E-state index in [1.165, 1.54) is 6.26 Å². The third-order valence-electron chi connectivity index (χ3n) is 1.93. The first-order valence-corrected chi connectivity index (χ1v) is 5.12. The molecule has 0 fully saturated rings. The number of furan rings is 1. The van der Waals surface area contributed by atoms with E-state index >= 15 is 0 Å². The van der Waals surface area contributed by atoms with Crippen LogP contribution in [0.25, 0.3) is 0 Å². The second-order valence-corrected chi connectivity index (χ2v) is 3.84. The molecule has 0 saturated heterocycles. The summed E-state index contributed by atoms with van der Waals surface area (Å²) in [6.45, 7) is 5.44. The molecule has 0 aromatic carbocycles. The summed E-state index contributed by atoms with van der Waals surface area (Å²) in [6, 6.07) is 1.76. The molecule has 0 spiro atoms. The maximum Gasteiger partial charge on any atom is 0.287 e. The normalized spacial score (nSPS) is 10.2. The van der Waals surface area contributed by atoms with Gasteiger partial charge in [0, 0.05) is 11.6 Å². The van der Waals surface area contributed by atoms with Crippen molar-refractivity contribution in [3.8, 4) is 0 Å². The molecule has 0 atom stereocenters. The molecule has 0 unspecified atom stereocenters. The van der Waals surface area contributed by atoms with Crippen LogP contribution in [0, 0.1) is 6.92 Å². The largest absolute Gasteiger partial charge is 0.459 e. The van der Waals surface area contributed by atoms with Crippen molar-refractivity contribution in [1.82, 2.24) is 10.6 Å². The number of nitrogens with one attached hydrogen (secondary N) is 2. The number of carbonyl (C=O) groups is 2. The third-order valence-corrected chi connectivity index (χ3v) is 1.93. The Kier molecular flexibility index (Phi) is 4.10. The Morgan fingerprint density at radius 2 is 2.12 bits per heavy atom. The maximum absolute atomic E-state index is 11.5. The van der Waals surface area contributed by atoms with Crippen LogP contribution in [0.3, 0.4) is 0 Å². The summed E-state index contributed by atoms with van der Waals surface area (Å²) >= 11 is 0. The highest BCUT2D eigenvalue weighted by Gasteiger charge is 2.13. The zero-order valence-electron chi connectivity index (χ0n) is 9.66. The molecule has 2 N–H and O–H groups in total. The van der Waals surface area contributed by atoms with Crippen molar-refractivity contribution in [1.29, 1.82) is 0 Å². The van der Waals surface area contributed by atoms with Gasteiger partial charge in [-0.3, -0.25) is 9.59 Å². The molecule has 16 heavy (non-hydrogen) atoms. The molecule has 0 aliphatic heterocycles. The Balaban J connectivity index is 2.42. The van der Waals surface area contributed by atoms with Gasteiger partial charge in [-0.05, 0) is 26.8 Å². The van der Waals surface area contributed by atoms with Gasteiger partial charge in [0.2, 0.25) is 5.91 Å². The predicted molar refractivity (Wildman–Crippen MR) is 59.1 cm³/mol. The minimum atomic E-state index is -0.374. The van der Waals surface area contributed by atoms with Crippen LogP contribution < -0.4 is 10.6 Å². The van der Waals surface area contributed by atoms with Crippen molar-refractivity contribution in [2.75, 3.05) is 6.54 Å². The van der Waals surface area contributed by atoms with Crippen LogP contribution in [0.1, 0.15) is 30.0 Å². The SMILES string of the molecule is Cc1ccoc1C(=O)NCC(=O)NC(C)C. The molecule has 0 radical (unpaired) electrons. The number of hydrogen-bond donors (Lipinski definition) is 2. The summed E-state index contributed by atoms with van der Waals surface area (Å²) in [6.07, 6.45) is 1.44. The summed E-state index contributed by atoms with van der Waals surface area (Å²) in [4.78, 5) is 22.8. The van der Waals surface area contributed by atoms with Crippen molar-refractivity contribution >= 4 is 11.8 Å². The van der Waals surface area contributed by atoms with Crippen LogP contribution in [-0.2, 0) is 4.79 Å². The smallest absolute Gasteiger partial charge is 0.287 e. The number of aryl methyl sites for hydroxylation is 1. The van der Waals surface area contributed by atoms with Crippen molar-refractivity contribution in [2.24, 2.45) is 0 Å². The second kappa shape index (κ2) is 5.34. The fraction of sp³-hybridized carbons (Fsp3) is 0.455. The molecule has 1 rings (SSSR count). The minimum Gasteiger partial charge on any atom is -0.459 e. The van der Waals surface area contributed by atoms with Crippen molar-refractivity contribution in [2.45, 2.75) is 26.8 Å². The van der Waals surface area contributed by atoms with Gasteiger partial charge in [0.15, 0.2) is 5.76 Å². The highest BCUT2D eigenvalue weighted by molar-refractivity contribution is 5.95. The Bertz CT molecular complexity index is 382. The first kappa shape index (κ1) is 12.3. The molecule has 0 saturated carbocycles. The zero-order chi connectivity index (χ0) is 12.1. The molecule has 1 aromatic rings. The lowest BCUT2D eigenvalue weighted by molar-refractivity contribution is -0.120. The van der Waals surface area contributed by atoms with Gasteiger partial charge in [-0.2, -0.15) is 0 Å². The van der Waals surface area contributed by atoms with E-state index in [0.717, 1.165) is 5.56 Å². The van der Waals surface area contributed by atoms with Crippen LogP contribution in [0.2, 0.25) is 0 Å². The van der Waals surface area contributed by atoms with Gasteiger partial charge in [-0.25, -0.2) is 0 Å². The molecular formula is C11H16N2O3. The standard InChI is InChI=1S/C11H16N2O3/c1-7(2)13-9(14)6-12-11(15)10-8(3)4-5-16-10/h4-5,7H,6H2,1-3H3,(H,12,15)(H,13,14). The number of hydrogen-bond acceptors (Lipinski definition) is 3. The van der Waals surface area contributed by atoms with E-state index in [0.29, 0.717) is 0 Å². The van der Waals surface area contributed by atoms with Gasteiger partial charge >= 0.3 is 0 Å². The fourth-order valence-corrected chi connectivity index (χ4v) is 1.22. The number of rotatable bonds is 4. The molecule has 1 heterocycles. The highest BCUT2D eigenvalue weighted by atomic mass is 16.3. The Labute approximate surface area is 94.2 Å². The number of carbonyl (C=O) groups excluding carboxylic acids is 2. The third kappa shape index (κ3) is 3.42. The maximum atomic E-state index is 11.5. The van der Waals surface area contributed by atoms with Crippen LogP contribution in [-0.4, -0.2) is 24.4 Å². The molecule has 2 amide bonds. The monoisotopic (exact) mass is 224 g/mol. The molecule has 5 heteroatoms. The van der Waals surface area contributed by atoms with E-state index in [9.17, 15) is 9.59 Å². The van der Waals surface area contributed by atoms with E-state index in [1.807, 2.05) is 13.8 Å². The van der Waals surface area contributed by atoms with Crippen molar-refractivity contribution in [3.05, 3.63) is 23.7 Å². The summed E-state index contributed by atoms with van der Waals surface area (Å²) in [7, 11) is 0. The second-order valence-electron chi connectivity index (χ2n) is 3.84. The molecule has 88 valence electrons. The zero-order valence-corrected chi connectivity index (χ0v) is 9.66. The highest BCUT2D eigenvalue weighted by Crippen LogP contribution is 2.07. The summed E-state index contributed by atoms with van der Waals surface area (Å²) < 4.78 is 5.00. The van der Waals surface area contributed by atoms with E-state index in [1.54, 1.807) is 13.0 Å². The molecule has 0 aliphatic rings. The van der Waals surface area contributed by atoms with Crippen LogP contribution in [0.5, 0.6) is 0 Å². The Morgan fingerprint density at radius 3 is 2.62 bits per heavy atom. The summed E-state index contributed by atoms with van der Waals surface area (Å²) in [5, 5.41) is 5.16. The van der Waals surface area contributed by atoms with Gasteiger partial charge in [0.05, 0.1) is 12.8 Å². The van der Waals surface area contributed by atoms with Gasteiger partial charge in [0.25, 0.3) is 5.91 Å². The summed E-state index contributed by atoms with van der Waals surface area (Å²) in [5.74, 6) is -0.341.